The Morgan fingerprint density at radius 3 is 1.01 bits per heavy atom. The predicted octanol–water partition coefficient (Wildman–Crippen LogP) is 19.9. The minimum Gasteiger partial charge on any atom is -0.477 e. The quantitative estimate of drug-likeness (QED) is 0.0211. The maximum atomic E-state index is 12.9. The average molecular weight is 1110 g/mol. The van der Waals surface area contributed by atoms with E-state index in [1.54, 1.807) is 0 Å². The summed E-state index contributed by atoms with van der Waals surface area (Å²) in [5.41, 5.74) is 0. The predicted molar refractivity (Wildman–Crippen MR) is 336 cm³/mol. The van der Waals surface area contributed by atoms with Gasteiger partial charge in [0.25, 0.3) is 6.29 Å². The van der Waals surface area contributed by atoms with E-state index < -0.39 is 24.3 Å². The Morgan fingerprint density at radius 1 is 0.380 bits per heavy atom. The van der Waals surface area contributed by atoms with Gasteiger partial charge in [0.15, 0.2) is 6.10 Å². The molecule has 2 atom stereocenters. The molecule has 0 aromatic carbocycles. The van der Waals surface area contributed by atoms with Crippen LogP contribution in [0.4, 0.5) is 0 Å². The van der Waals surface area contributed by atoms with Crippen molar-refractivity contribution < 1.29 is 42.9 Å². The van der Waals surface area contributed by atoms with Crippen LogP contribution in [0.15, 0.2) is 85.1 Å². The molecule has 456 valence electrons. The van der Waals surface area contributed by atoms with Gasteiger partial charge in [-0.25, -0.2) is 4.79 Å². The number of hydrogen-bond donors (Lipinski definition) is 1. The molecular formula is C70H124NO8+. The van der Waals surface area contributed by atoms with E-state index in [2.05, 4.69) is 98.9 Å². The van der Waals surface area contributed by atoms with Crippen molar-refractivity contribution in [2.24, 2.45) is 0 Å². The summed E-state index contributed by atoms with van der Waals surface area (Å²) >= 11 is 0. The summed E-state index contributed by atoms with van der Waals surface area (Å²) in [6, 6.07) is 0. The summed E-state index contributed by atoms with van der Waals surface area (Å²) in [7, 11) is 5.97. The van der Waals surface area contributed by atoms with Crippen molar-refractivity contribution in [3.8, 4) is 0 Å². The molecule has 0 aromatic heterocycles. The van der Waals surface area contributed by atoms with Crippen LogP contribution in [0, 0.1) is 0 Å². The maximum Gasteiger partial charge on any atom is 0.361 e. The van der Waals surface area contributed by atoms with Crippen molar-refractivity contribution in [1.82, 2.24) is 0 Å². The Labute approximate surface area is 487 Å². The first-order valence-corrected chi connectivity index (χ1v) is 32.8. The largest absolute Gasteiger partial charge is 0.477 e. The number of nitrogens with zero attached hydrogens (tertiary/aromatic N) is 1. The van der Waals surface area contributed by atoms with E-state index in [-0.39, 0.29) is 32.2 Å². The zero-order valence-electron chi connectivity index (χ0n) is 52.0. The number of quaternary nitrogens is 1. The Hall–Kier alpha value is -3.53. The molecule has 0 aliphatic heterocycles. The van der Waals surface area contributed by atoms with E-state index in [4.69, 9.17) is 18.9 Å². The second-order valence-corrected chi connectivity index (χ2v) is 23.0. The van der Waals surface area contributed by atoms with Gasteiger partial charge in [-0.3, -0.25) is 9.59 Å². The van der Waals surface area contributed by atoms with Crippen LogP contribution in [-0.4, -0.2) is 87.4 Å². The van der Waals surface area contributed by atoms with Gasteiger partial charge >= 0.3 is 17.9 Å². The van der Waals surface area contributed by atoms with Gasteiger partial charge in [-0.15, -0.1) is 0 Å². The van der Waals surface area contributed by atoms with E-state index in [0.29, 0.717) is 17.4 Å². The first-order valence-electron chi connectivity index (χ1n) is 32.8. The molecular weight excluding hydrogens is 983 g/mol. The van der Waals surface area contributed by atoms with Crippen LogP contribution in [0.25, 0.3) is 0 Å². The second kappa shape index (κ2) is 60.6. The third-order valence-electron chi connectivity index (χ3n) is 14.1. The number of unbranched alkanes of at least 4 members (excludes halogenated alkanes) is 31. The zero-order valence-corrected chi connectivity index (χ0v) is 52.0. The zero-order chi connectivity index (χ0) is 57.6. The van der Waals surface area contributed by atoms with Gasteiger partial charge in [-0.1, -0.05) is 272 Å². The van der Waals surface area contributed by atoms with Crippen molar-refractivity contribution in [3.63, 3.8) is 0 Å². The number of hydrogen-bond acceptors (Lipinski definition) is 7. The lowest BCUT2D eigenvalue weighted by Gasteiger charge is -2.25. The van der Waals surface area contributed by atoms with Gasteiger partial charge in [-0.2, -0.15) is 0 Å². The van der Waals surface area contributed by atoms with Gasteiger partial charge in [0, 0.05) is 12.8 Å². The standard InChI is InChI=1S/C70H123NO8/c1-6-8-10-12-14-16-18-20-22-24-25-26-27-28-29-30-31-32-33-34-35-36-37-38-39-40-41-42-43-45-47-49-51-53-55-57-59-61-68(73)79-66(65-78-70(69(74)75)76-63-62-71(3,4)5)64-77-67(72)60-58-56-54-52-50-48-46-44-23-21-19-17-15-13-11-9-7-2/h8-11,14-17,20-23,25-26,66,70H,6-7,12-13,18-19,24,27-65H2,1-5H3/p+1/b10-8-,11-9-,16-14-,17-15-,22-20-,23-21-,26-25-. The molecule has 0 amide bonds. The lowest BCUT2D eigenvalue weighted by molar-refractivity contribution is -0.870. The number of likely N-dealkylation sites (N-methyl/N-ethyl adjacent to an activating group) is 1. The molecule has 0 rings (SSSR count). The molecule has 0 heterocycles. The van der Waals surface area contributed by atoms with Crippen molar-refractivity contribution in [2.45, 2.75) is 296 Å². The van der Waals surface area contributed by atoms with Crippen molar-refractivity contribution >= 4 is 17.9 Å². The van der Waals surface area contributed by atoms with Gasteiger partial charge in [-0.05, 0) is 83.5 Å². The summed E-state index contributed by atoms with van der Waals surface area (Å²) in [5, 5.41) is 9.72. The van der Waals surface area contributed by atoms with Gasteiger partial charge in [0.05, 0.1) is 34.4 Å². The molecule has 0 radical (unpaired) electrons. The number of carbonyl (C=O) groups is 3. The summed E-state index contributed by atoms with van der Waals surface area (Å²) < 4.78 is 22.9. The van der Waals surface area contributed by atoms with Crippen molar-refractivity contribution in [3.05, 3.63) is 85.1 Å². The minimum atomic E-state index is -1.51. The number of rotatable bonds is 60. The molecule has 0 aromatic rings. The number of allylic oxidation sites excluding steroid dienone is 14. The van der Waals surface area contributed by atoms with Crippen LogP contribution < -0.4 is 0 Å². The van der Waals surface area contributed by atoms with E-state index in [1.165, 1.54) is 161 Å². The fraction of sp³-hybridized carbons (Fsp3) is 0.757. The third-order valence-corrected chi connectivity index (χ3v) is 14.1. The van der Waals surface area contributed by atoms with Crippen molar-refractivity contribution in [2.75, 3.05) is 47.5 Å². The highest BCUT2D eigenvalue weighted by atomic mass is 16.7. The van der Waals surface area contributed by atoms with E-state index in [1.807, 2.05) is 21.1 Å². The number of carbonyl (C=O) groups excluding carboxylic acids is 2. The molecule has 0 aliphatic rings. The first-order chi connectivity index (χ1) is 38.6. The van der Waals surface area contributed by atoms with E-state index in [9.17, 15) is 19.5 Å². The fourth-order valence-electron chi connectivity index (χ4n) is 9.20. The van der Waals surface area contributed by atoms with Crippen LogP contribution >= 0.6 is 0 Å². The number of ether oxygens (including phenoxy) is 4. The molecule has 9 heteroatoms. The van der Waals surface area contributed by atoms with E-state index >= 15 is 0 Å². The number of carboxylic acid groups (broad SMARTS) is 1. The van der Waals surface area contributed by atoms with Crippen LogP contribution in [0.5, 0.6) is 0 Å². The van der Waals surface area contributed by atoms with Crippen LogP contribution in [-0.2, 0) is 33.3 Å². The Morgan fingerprint density at radius 2 is 0.684 bits per heavy atom. The number of esters is 2. The molecule has 0 saturated heterocycles. The topological polar surface area (TPSA) is 108 Å². The van der Waals surface area contributed by atoms with Gasteiger partial charge in [0.1, 0.15) is 13.2 Å². The van der Waals surface area contributed by atoms with E-state index in [0.717, 1.165) is 96.3 Å². The van der Waals surface area contributed by atoms with Crippen molar-refractivity contribution in [1.29, 1.82) is 0 Å². The fourth-order valence-corrected chi connectivity index (χ4v) is 9.20. The molecule has 0 saturated carbocycles. The smallest absolute Gasteiger partial charge is 0.361 e. The molecule has 0 spiro atoms. The molecule has 9 nitrogen and oxygen atoms in total. The molecule has 2 unspecified atom stereocenters. The Kier molecular flexibility index (Phi) is 57.9. The monoisotopic (exact) mass is 1110 g/mol. The van der Waals surface area contributed by atoms with Gasteiger partial charge in [0.2, 0.25) is 0 Å². The summed E-state index contributed by atoms with van der Waals surface area (Å²) in [6.45, 7) is 4.67. The SMILES string of the molecule is CC/C=C\C/C=C\C/C=C\C/C=C\CCCCCCCCCCCCCCCCCCCCCCCCCCC(=O)OC(COC(=O)CCCCCCCCC/C=C\C/C=C\C/C=C\CC)COC(OCC[N+](C)(C)C)C(=O)O. The number of aliphatic carboxylic acids is 1. The van der Waals surface area contributed by atoms with Crippen LogP contribution in [0.1, 0.15) is 284 Å². The summed E-state index contributed by atoms with van der Waals surface area (Å²) in [4.78, 5) is 37.5. The lowest BCUT2D eigenvalue weighted by atomic mass is 10.0. The molecule has 0 bridgehead atoms. The highest BCUT2D eigenvalue weighted by molar-refractivity contribution is 5.71. The molecule has 0 fully saturated rings. The highest BCUT2D eigenvalue weighted by Crippen LogP contribution is 2.18. The lowest BCUT2D eigenvalue weighted by Crippen LogP contribution is -2.40. The van der Waals surface area contributed by atoms with Crippen LogP contribution in [0.2, 0.25) is 0 Å². The Bertz CT molecular complexity index is 1570. The molecule has 0 aliphatic carbocycles. The Balaban J connectivity index is 4.02. The molecule has 1 N–H and O–H groups in total. The normalized spacial score (nSPS) is 13.3. The number of carboxylic acids is 1. The minimum absolute atomic E-state index is 0.185. The molecule has 79 heavy (non-hydrogen) atoms. The summed E-state index contributed by atoms with van der Waals surface area (Å²) in [6.07, 6.45) is 78.4. The highest BCUT2D eigenvalue weighted by Gasteiger charge is 2.25. The second-order valence-electron chi connectivity index (χ2n) is 23.0. The average Bonchev–Trinajstić information content (AvgIpc) is 3.42. The van der Waals surface area contributed by atoms with Gasteiger partial charge < -0.3 is 28.5 Å². The summed E-state index contributed by atoms with van der Waals surface area (Å²) in [5.74, 6) is -2.01. The van der Waals surface area contributed by atoms with Crippen LogP contribution in [0.3, 0.4) is 0 Å². The maximum absolute atomic E-state index is 12.9. The first kappa shape index (κ1) is 75.5. The third kappa shape index (κ3) is 61.9.